The summed E-state index contributed by atoms with van der Waals surface area (Å²) in [5, 5.41) is 14.0. The average molecular weight is 351 g/mol. The lowest BCUT2D eigenvalue weighted by molar-refractivity contribution is 0.102. The zero-order valence-electron chi connectivity index (χ0n) is 13.2. The molecule has 0 aliphatic carbocycles. The van der Waals surface area contributed by atoms with Crippen LogP contribution in [0.1, 0.15) is 15.9 Å². The summed E-state index contributed by atoms with van der Waals surface area (Å²) in [6.07, 6.45) is 2.55. The van der Waals surface area contributed by atoms with Gasteiger partial charge in [0.05, 0.1) is 22.9 Å². The summed E-state index contributed by atoms with van der Waals surface area (Å²) in [6.45, 7) is 0. The quantitative estimate of drug-likeness (QED) is 0.749. The van der Waals surface area contributed by atoms with Gasteiger partial charge in [-0.1, -0.05) is 0 Å². The van der Waals surface area contributed by atoms with Gasteiger partial charge in [-0.05, 0) is 36.4 Å². The van der Waals surface area contributed by atoms with Crippen LogP contribution in [0.2, 0.25) is 0 Å². The number of rotatable bonds is 4. The van der Waals surface area contributed by atoms with Crippen molar-refractivity contribution >= 4 is 23.2 Å². The number of nitrogens with one attached hydrogen (secondary N) is 2. The van der Waals surface area contributed by atoms with Crippen molar-refractivity contribution in [1.29, 1.82) is 5.26 Å². The zero-order valence-corrected chi connectivity index (χ0v) is 13.2. The van der Waals surface area contributed by atoms with Crippen molar-refractivity contribution in [2.24, 2.45) is 0 Å². The highest BCUT2D eigenvalue weighted by Gasteiger charge is 2.09. The predicted molar refractivity (Wildman–Crippen MR) is 90.8 cm³/mol. The molecule has 0 atom stereocenters. The van der Waals surface area contributed by atoms with Gasteiger partial charge in [0.25, 0.3) is 5.91 Å². The maximum atomic E-state index is 13.6. The molecule has 3 rings (SSSR count). The Balaban J connectivity index is 1.68. The minimum absolute atomic E-state index is 0.0150. The van der Waals surface area contributed by atoms with Crippen LogP contribution in [0.3, 0.4) is 0 Å². The smallest absolute Gasteiger partial charge is 0.258 e. The van der Waals surface area contributed by atoms with Gasteiger partial charge in [-0.25, -0.2) is 18.7 Å². The molecule has 3 aromatic rings. The van der Waals surface area contributed by atoms with Crippen molar-refractivity contribution < 1.29 is 13.6 Å². The van der Waals surface area contributed by atoms with E-state index in [4.69, 9.17) is 5.26 Å². The van der Waals surface area contributed by atoms with Gasteiger partial charge in [0, 0.05) is 24.1 Å². The summed E-state index contributed by atoms with van der Waals surface area (Å²) >= 11 is 0. The van der Waals surface area contributed by atoms with Gasteiger partial charge in [0.15, 0.2) is 0 Å². The molecule has 0 saturated carbocycles. The normalized spacial score (nSPS) is 10.0. The Bertz CT molecular complexity index is 982. The van der Waals surface area contributed by atoms with Crippen LogP contribution in [0.25, 0.3) is 0 Å². The van der Waals surface area contributed by atoms with E-state index in [1.165, 1.54) is 18.5 Å². The van der Waals surface area contributed by atoms with E-state index < -0.39 is 17.5 Å². The Morgan fingerprint density at radius 2 is 1.73 bits per heavy atom. The Kier molecular flexibility index (Phi) is 4.80. The van der Waals surface area contributed by atoms with Crippen molar-refractivity contribution in [2.45, 2.75) is 0 Å². The Hall–Kier alpha value is -3.86. The number of benzene rings is 2. The third-order valence-corrected chi connectivity index (χ3v) is 3.36. The summed E-state index contributed by atoms with van der Waals surface area (Å²) < 4.78 is 26.5. The SMILES string of the molecule is N#Cc1ccc(NC(=O)c2cnc(Nc3ccc(F)cc3F)nc2)cc1. The summed E-state index contributed by atoms with van der Waals surface area (Å²) in [5.74, 6) is -1.85. The Morgan fingerprint density at radius 3 is 2.35 bits per heavy atom. The van der Waals surface area contributed by atoms with Crippen molar-refractivity contribution in [3.05, 3.63) is 77.6 Å². The fraction of sp³-hybridized carbons (Fsp3) is 0. The summed E-state index contributed by atoms with van der Waals surface area (Å²) in [4.78, 5) is 20.0. The number of aromatic nitrogens is 2. The fourth-order valence-electron chi connectivity index (χ4n) is 2.05. The van der Waals surface area contributed by atoms with Crippen molar-refractivity contribution in [3.63, 3.8) is 0 Å². The minimum atomic E-state index is -0.781. The van der Waals surface area contributed by atoms with Crippen LogP contribution in [0, 0.1) is 23.0 Å². The van der Waals surface area contributed by atoms with Gasteiger partial charge in [-0.15, -0.1) is 0 Å². The number of hydrogen-bond acceptors (Lipinski definition) is 5. The van der Waals surface area contributed by atoms with Crippen LogP contribution in [-0.2, 0) is 0 Å². The second kappa shape index (κ2) is 7.36. The first-order chi connectivity index (χ1) is 12.5. The molecule has 0 fully saturated rings. The van der Waals surface area contributed by atoms with Crippen LogP contribution in [0.4, 0.5) is 26.1 Å². The highest BCUT2D eigenvalue weighted by Crippen LogP contribution is 2.18. The number of hydrogen-bond donors (Lipinski definition) is 2. The first-order valence-electron chi connectivity index (χ1n) is 7.41. The topological polar surface area (TPSA) is 90.7 Å². The van der Waals surface area contributed by atoms with E-state index in [0.29, 0.717) is 11.3 Å². The Labute approximate surface area is 147 Å². The number of nitriles is 1. The van der Waals surface area contributed by atoms with Crippen molar-refractivity contribution in [2.75, 3.05) is 10.6 Å². The van der Waals surface area contributed by atoms with Gasteiger partial charge >= 0.3 is 0 Å². The molecule has 1 aromatic heterocycles. The number of nitrogens with zero attached hydrogens (tertiary/aromatic N) is 3. The van der Waals surface area contributed by atoms with E-state index >= 15 is 0 Å². The molecule has 1 amide bonds. The monoisotopic (exact) mass is 351 g/mol. The number of anilines is 3. The van der Waals surface area contributed by atoms with Crippen LogP contribution < -0.4 is 10.6 Å². The van der Waals surface area contributed by atoms with E-state index in [0.717, 1.165) is 12.1 Å². The van der Waals surface area contributed by atoms with Crippen molar-refractivity contribution in [3.8, 4) is 6.07 Å². The third-order valence-electron chi connectivity index (χ3n) is 3.36. The molecule has 6 nitrogen and oxygen atoms in total. The molecule has 0 unspecified atom stereocenters. The molecular weight excluding hydrogens is 340 g/mol. The second-order valence-corrected chi connectivity index (χ2v) is 5.19. The van der Waals surface area contributed by atoms with E-state index in [1.54, 1.807) is 24.3 Å². The molecule has 2 aromatic carbocycles. The molecule has 8 heteroatoms. The predicted octanol–water partition coefficient (Wildman–Crippen LogP) is 3.62. The second-order valence-electron chi connectivity index (χ2n) is 5.19. The van der Waals surface area contributed by atoms with Crippen LogP contribution >= 0.6 is 0 Å². The molecule has 0 radical (unpaired) electrons. The molecule has 26 heavy (non-hydrogen) atoms. The van der Waals surface area contributed by atoms with E-state index in [9.17, 15) is 13.6 Å². The average Bonchev–Trinajstić information content (AvgIpc) is 2.65. The lowest BCUT2D eigenvalue weighted by Crippen LogP contribution is -2.13. The van der Waals surface area contributed by atoms with Gasteiger partial charge in [-0.3, -0.25) is 4.79 Å². The molecule has 0 aliphatic rings. The molecule has 0 bridgehead atoms. The van der Waals surface area contributed by atoms with Crippen LogP contribution in [0.15, 0.2) is 54.9 Å². The Morgan fingerprint density at radius 1 is 1.04 bits per heavy atom. The molecule has 2 N–H and O–H groups in total. The van der Waals surface area contributed by atoms with E-state index in [-0.39, 0.29) is 17.2 Å². The lowest BCUT2D eigenvalue weighted by atomic mass is 10.2. The van der Waals surface area contributed by atoms with E-state index in [1.807, 2.05) is 6.07 Å². The first kappa shape index (κ1) is 17.0. The zero-order chi connectivity index (χ0) is 18.5. The van der Waals surface area contributed by atoms with Crippen LogP contribution in [-0.4, -0.2) is 15.9 Å². The first-order valence-corrected chi connectivity index (χ1v) is 7.41. The minimum Gasteiger partial charge on any atom is -0.322 e. The molecular formula is C18H11F2N5O. The number of carbonyl (C=O) groups excluding carboxylic acids is 1. The lowest BCUT2D eigenvalue weighted by Gasteiger charge is -2.07. The molecule has 0 saturated heterocycles. The number of amides is 1. The largest absolute Gasteiger partial charge is 0.322 e. The summed E-state index contributed by atoms with van der Waals surface area (Å²) in [7, 11) is 0. The third kappa shape index (κ3) is 3.96. The van der Waals surface area contributed by atoms with Gasteiger partial charge < -0.3 is 10.6 Å². The van der Waals surface area contributed by atoms with Gasteiger partial charge in [0.1, 0.15) is 11.6 Å². The van der Waals surface area contributed by atoms with Gasteiger partial charge in [-0.2, -0.15) is 5.26 Å². The fourth-order valence-corrected chi connectivity index (χ4v) is 2.05. The maximum Gasteiger partial charge on any atom is 0.258 e. The number of halogens is 2. The van der Waals surface area contributed by atoms with Crippen LogP contribution in [0.5, 0.6) is 0 Å². The standard InChI is InChI=1S/C18H11F2N5O/c19-13-3-6-16(15(20)7-13)25-18-22-9-12(10-23-18)17(26)24-14-4-1-11(8-21)2-5-14/h1-7,9-10H,(H,24,26)(H,22,23,25). The highest BCUT2D eigenvalue weighted by molar-refractivity contribution is 6.03. The van der Waals surface area contributed by atoms with E-state index in [2.05, 4.69) is 20.6 Å². The van der Waals surface area contributed by atoms with Crippen molar-refractivity contribution in [1.82, 2.24) is 9.97 Å². The molecule has 1 heterocycles. The molecule has 128 valence electrons. The summed E-state index contributed by atoms with van der Waals surface area (Å²) in [5.41, 5.74) is 1.21. The summed E-state index contributed by atoms with van der Waals surface area (Å²) in [6, 6.07) is 11.4. The highest BCUT2D eigenvalue weighted by atomic mass is 19.1. The molecule has 0 aliphatic heterocycles. The molecule has 0 spiro atoms. The maximum absolute atomic E-state index is 13.6. The number of carbonyl (C=O) groups is 1. The van der Waals surface area contributed by atoms with Gasteiger partial charge in [0.2, 0.25) is 5.95 Å².